The number of rotatable bonds is 2. The third-order valence-corrected chi connectivity index (χ3v) is 2.02. The zero-order chi connectivity index (χ0) is 7.61. The number of hydrogen-bond acceptors (Lipinski definition) is 2. The second-order valence-corrected chi connectivity index (χ2v) is 3.35. The highest BCUT2D eigenvalue weighted by Crippen LogP contribution is 2.28. The molecule has 10 heavy (non-hydrogen) atoms. The van der Waals surface area contributed by atoms with Crippen molar-refractivity contribution in [3.63, 3.8) is 0 Å². The molecule has 0 bridgehead atoms. The van der Waals surface area contributed by atoms with E-state index >= 15 is 0 Å². The van der Waals surface area contributed by atoms with Crippen LogP contribution in [0, 0.1) is 0 Å². The third-order valence-electron chi connectivity index (χ3n) is 2.02. The Balaban J connectivity index is 2.38. The van der Waals surface area contributed by atoms with Gasteiger partial charge in [0.05, 0.1) is 12.2 Å². The van der Waals surface area contributed by atoms with Crippen LogP contribution in [-0.4, -0.2) is 33.2 Å². The Morgan fingerprint density at radius 3 is 2.90 bits per heavy atom. The van der Waals surface area contributed by atoms with Gasteiger partial charge in [-0.2, -0.15) is 0 Å². The van der Waals surface area contributed by atoms with Gasteiger partial charge in [0.1, 0.15) is 7.85 Å². The fourth-order valence-corrected chi connectivity index (χ4v) is 1.52. The summed E-state index contributed by atoms with van der Waals surface area (Å²) in [4.78, 5) is 0. The van der Waals surface area contributed by atoms with Crippen molar-refractivity contribution in [2.75, 3.05) is 13.7 Å². The Labute approximate surface area is 63.3 Å². The molecule has 1 rings (SSSR count). The summed E-state index contributed by atoms with van der Waals surface area (Å²) in [6.07, 6.45) is 2.29. The molecule has 0 spiro atoms. The monoisotopic (exact) mass is 142 g/mol. The third kappa shape index (κ3) is 1.73. The van der Waals surface area contributed by atoms with Crippen molar-refractivity contribution in [1.82, 2.24) is 0 Å². The van der Waals surface area contributed by atoms with Crippen LogP contribution in [0.4, 0.5) is 0 Å². The first kappa shape index (κ1) is 8.09. The second kappa shape index (κ2) is 2.93. The lowest BCUT2D eigenvalue weighted by atomic mass is 9.96. The van der Waals surface area contributed by atoms with Crippen molar-refractivity contribution < 1.29 is 9.47 Å². The first-order valence-corrected chi connectivity index (χ1v) is 3.83. The molecule has 0 aromatic rings. The van der Waals surface area contributed by atoms with E-state index in [4.69, 9.17) is 9.47 Å². The van der Waals surface area contributed by atoms with E-state index < -0.39 is 0 Å². The molecule has 58 valence electrons. The Bertz CT molecular complexity index is 114. The summed E-state index contributed by atoms with van der Waals surface area (Å²) in [5.41, 5.74) is -0.00579. The largest absolute Gasteiger partial charge is 0.382 e. The summed E-state index contributed by atoms with van der Waals surface area (Å²) in [5, 5.41) is 0. The fourth-order valence-electron chi connectivity index (χ4n) is 1.52. The number of ether oxygens (including phenoxy) is 2. The summed E-state index contributed by atoms with van der Waals surface area (Å²) in [7, 11) is 3.83. The minimum absolute atomic E-state index is 0.00579. The summed E-state index contributed by atoms with van der Waals surface area (Å²) < 4.78 is 10.7. The summed E-state index contributed by atoms with van der Waals surface area (Å²) in [5.74, 6) is 0. The van der Waals surface area contributed by atoms with Gasteiger partial charge in [-0.3, -0.25) is 0 Å². The zero-order valence-electron chi connectivity index (χ0n) is 7.02. The molecule has 1 saturated heterocycles. The maximum atomic E-state index is 5.66. The van der Waals surface area contributed by atoms with Crippen LogP contribution in [-0.2, 0) is 9.47 Å². The molecule has 1 unspecified atom stereocenters. The standard InChI is InChI=1S/C7H15BO2/c1-7(5-9-2)4-3-6(8)10-7/h6H,3-5,8H2,1-2H3/t6?,7-/m1/s1. The molecule has 1 heterocycles. The molecule has 0 aromatic carbocycles. The van der Waals surface area contributed by atoms with Crippen LogP contribution in [0.3, 0.4) is 0 Å². The van der Waals surface area contributed by atoms with Gasteiger partial charge >= 0.3 is 0 Å². The van der Waals surface area contributed by atoms with Gasteiger partial charge in [0.25, 0.3) is 0 Å². The molecule has 0 saturated carbocycles. The highest BCUT2D eigenvalue weighted by Gasteiger charge is 2.33. The van der Waals surface area contributed by atoms with Crippen LogP contribution >= 0.6 is 0 Å². The van der Waals surface area contributed by atoms with Crippen molar-refractivity contribution in [1.29, 1.82) is 0 Å². The van der Waals surface area contributed by atoms with E-state index in [2.05, 4.69) is 14.8 Å². The quantitative estimate of drug-likeness (QED) is 0.511. The highest BCUT2D eigenvalue weighted by molar-refractivity contribution is 6.11. The Hall–Kier alpha value is -0.0151. The Kier molecular flexibility index (Phi) is 2.37. The Morgan fingerprint density at radius 1 is 1.80 bits per heavy atom. The molecule has 0 aliphatic carbocycles. The van der Waals surface area contributed by atoms with Gasteiger partial charge in [0.2, 0.25) is 0 Å². The summed E-state index contributed by atoms with van der Waals surface area (Å²) >= 11 is 0. The van der Waals surface area contributed by atoms with E-state index in [1.807, 2.05) is 0 Å². The van der Waals surface area contributed by atoms with Crippen molar-refractivity contribution >= 4 is 7.85 Å². The molecule has 1 aliphatic heterocycles. The SMILES string of the molecule is BC1CC[C@](C)(COC)O1. The Morgan fingerprint density at radius 2 is 2.50 bits per heavy atom. The summed E-state index contributed by atoms with van der Waals surface area (Å²) in [6.45, 7) is 2.83. The van der Waals surface area contributed by atoms with Crippen LogP contribution in [0.25, 0.3) is 0 Å². The zero-order valence-corrected chi connectivity index (χ0v) is 7.02. The van der Waals surface area contributed by atoms with Gasteiger partial charge in [-0.1, -0.05) is 0 Å². The van der Waals surface area contributed by atoms with E-state index in [0.29, 0.717) is 6.00 Å². The second-order valence-electron chi connectivity index (χ2n) is 3.35. The van der Waals surface area contributed by atoms with Crippen molar-refractivity contribution in [2.24, 2.45) is 0 Å². The number of methoxy groups -OCH3 is 1. The van der Waals surface area contributed by atoms with Crippen LogP contribution in [0.2, 0.25) is 0 Å². The summed E-state index contributed by atoms with van der Waals surface area (Å²) in [6, 6.07) is 0.417. The topological polar surface area (TPSA) is 18.5 Å². The first-order chi connectivity index (χ1) is 4.66. The van der Waals surface area contributed by atoms with Crippen LogP contribution < -0.4 is 0 Å². The average Bonchev–Trinajstić information content (AvgIpc) is 2.12. The van der Waals surface area contributed by atoms with Gasteiger partial charge in [0, 0.05) is 13.1 Å². The lowest BCUT2D eigenvalue weighted by Gasteiger charge is -2.22. The minimum atomic E-state index is -0.00579. The smallest absolute Gasteiger partial charge is 0.139 e. The van der Waals surface area contributed by atoms with Gasteiger partial charge in [-0.15, -0.1) is 0 Å². The van der Waals surface area contributed by atoms with E-state index in [1.165, 1.54) is 6.42 Å². The molecule has 1 aliphatic rings. The maximum Gasteiger partial charge on any atom is 0.139 e. The first-order valence-electron chi connectivity index (χ1n) is 3.83. The van der Waals surface area contributed by atoms with Crippen LogP contribution in [0.1, 0.15) is 19.8 Å². The fraction of sp³-hybridized carbons (Fsp3) is 1.00. The maximum absolute atomic E-state index is 5.66. The van der Waals surface area contributed by atoms with Crippen LogP contribution in [0.5, 0.6) is 0 Å². The molecule has 1 fully saturated rings. The highest BCUT2D eigenvalue weighted by atomic mass is 16.5. The van der Waals surface area contributed by atoms with E-state index in [9.17, 15) is 0 Å². The molecular weight excluding hydrogens is 127 g/mol. The molecule has 2 atom stereocenters. The molecule has 0 aromatic heterocycles. The van der Waals surface area contributed by atoms with Crippen molar-refractivity contribution in [3.05, 3.63) is 0 Å². The molecular formula is C7H15BO2. The molecule has 0 amide bonds. The lowest BCUT2D eigenvalue weighted by molar-refractivity contribution is -0.0490. The van der Waals surface area contributed by atoms with E-state index in [-0.39, 0.29) is 5.60 Å². The normalized spacial score (nSPS) is 40.4. The molecule has 0 radical (unpaired) electrons. The van der Waals surface area contributed by atoms with Crippen LogP contribution in [0.15, 0.2) is 0 Å². The molecule has 2 nitrogen and oxygen atoms in total. The van der Waals surface area contributed by atoms with E-state index in [0.717, 1.165) is 13.0 Å². The van der Waals surface area contributed by atoms with Crippen molar-refractivity contribution in [3.8, 4) is 0 Å². The molecule has 0 N–H and O–H groups in total. The predicted octanol–water partition coefficient (Wildman–Crippen LogP) is 0.161. The van der Waals surface area contributed by atoms with Gasteiger partial charge < -0.3 is 9.47 Å². The van der Waals surface area contributed by atoms with Crippen molar-refractivity contribution in [2.45, 2.75) is 31.4 Å². The number of hydrogen-bond donors (Lipinski definition) is 0. The van der Waals surface area contributed by atoms with Gasteiger partial charge in [-0.25, -0.2) is 0 Å². The van der Waals surface area contributed by atoms with Gasteiger partial charge in [-0.05, 0) is 19.8 Å². The lowest BCUT2D eigenvalue weighted by Crippen LogP contribution is -2.30. The van der Waals surface area contributed by atoms with Gasteiger partial charge in [0.15, 0.2) is 0 Å². The predicted molar refractivity (Wildman–Crippen MR) is 42.9 cm³/mol. The minimum Gasteiger partial charge on any atom is -0.382 e. The average molecular weight is 142 g/mol. The van der Waals surface area contributed by atoms with E-state index in [1.54, 1.807) is 7.11 Å². The molecule has 3 heteroatoms.